The first-order valence-corrected chi connectivity index (χ1v) is 7.14. The number of hydrogen-bond acceptors (Lipinski definition) is 2. The van der Waals surface area contributed by atoms with Gasteiger partial charge in [0.05, 0.1) is 6.42 Å². The Morgan fingerprint density at radius 3 is 2.43 bits per heavy atom. The average molecular weight is 292 g/mol. The minimum absolute atomic E-state index is 0.0890. The van der Waals surface area contributed by atoms with Crippen molar-refractivity contribution in [3.05, 3.63) is 29.8 Å². The fraction of sp³-hybridized carbons (Fsp3) is 0.500. The van der Waals surface area contributed by atoms with Crippen molar-refractivity contribution < 1.29 is 14.7 Å². The van der Waals surface area contributed by atoms with Gasteiger partial charge in [-0.05, 0) is 38.8 Å². The number of anilines is 1. The van der Waals surface area contributed by atoms with Gasteiger partial charge in [0, 0.05) is 17.8 Å². The van der Waals surface area contributed by atoms with E-state index < -0.39 is 5.97 Å². The maximum atomic E-state index is 12.5. The molecule has 2 amide bonds. The van der Waals surface area contributed by atoms with Crippen molar-refractivity contribution >= 4 is 17.7 Å². The molecule has 0 atom stereocenters. The predicted octanol–water partition coefficient (Wildman–Crippen LogP) is 3.17. The van der Waals surface area contributed by atoms with Gasteiger partial charge < -0.3 is 10.4 Å². The quantitative estimate of drug-likeness (QED) is 0.846. The van der Waals surface area contributed by atoms with Gasteiger partial charge in [0.15, 0.2) is 0 Å². The van der Waals surface area contributed by atoms with E-state index in [-0.39, 0.29) is 24.5 Å². The lowest BCUT2D eigenvalue weighted by molar-refractivity contribution is -0.136. The number of carboxylic acids is 1. The second-order valence-corrected chi connectivity index (χ2v) is 5.75. The summed E-state index contributed by atoms with van der Waals surface area (Å²) < 4.78 is 0. The number of benzene rings is 1. The van der Waals surface area contributed by atoms with Crippen LogP contribution in [0.25, 0.3) is 0 Å². The molecule has 0 aliphatic carbocycles. The number of nitrogens with zero attached hydrogens (tertiary/aromatic N) is 1. The number of hydrogen-bond donors (Lipinski definition) is 2. The molecule has 0 bridgehead atoms. The normalized spacial score (nSPS) is 11.0. The standard InChI is InChI=1S/C16H24N2O3/c1-5-16(3,4)17-15(21)18(11-10-14(19)20)13-9-7-6-8-12(13)2/h6-9H,5,10-11H2,1-4H3,(H,17,21)(H,19,20). The smallest absolute Gasteiger partial charge is 0.322 e. The van der Waals surface area contributed by atoms with Gasteiger partial charge >= 0.3 is 12.0 Å². The topological polar surface area (TPSA) is 69.6 Å². The summed E-state index contributed by atoms with van der Waals surface area (Å²) in [4.78, 5) is 24.8. The molecule has 21 heavy (non-hydrogen) atoms. The van der Waals surface area contributed by atoms with Crippen LogP contribution in [0.1, 0.15) is 39.2 Å². The van der Waals surface area contributed by atoms with Gasteiger partial charge in [-0.15, -0.1) is 0 Å². The van der Waals surface area contributed by atoms with Crippen LogP contribution in [0.3, 0.4) is 0 Å². The van der Waals surface area contributed by atoms with Crippen molar-refractivity contribution in [1.29, 1.82) is 0 Å². The van der Waals surface area contributed by atoms with E-state index in [2.05, 4.69) is 5.32 Å². The van der Waals surface area contributed by atoms with Crippen molar-refractivity contribution in [1.82, 2.24) is 5.32 Å². The summed E-state index contributed by atoms with van der Waals surface area (Å²) in [6.45, 7) is 7.93. The van der Waals surface area contributed by atoms with Gasteiger partial charge in [-0.1, -0.05) is 25.1 Å². The number of rotatable bonds is 6. The van der Waals surface area contributed by atoms with Crippen LogP contribution in [0.4, 0.5) is 10.5 Å². The number of para-hydroxylation sites is 1. The number of urea groups is 1. The Bertz CT molecular complexity index is 512. The molecule has 2 N–H and O–H groups in total. The molecule has 0 unspecified atom stereocenters. The van der Waals surface area contributed by atoms with E-state index in [0.29, 0.717) is 0 Å². The minimum atomic E-state index is -0.920. The second-order valence-electron chi connectivity index (χ2n) is 5.75. The minimum Gasteiger partial charge on any atom is -0.481 e. The van der Waals surface area contributed by atoms with Crippen molar-refractivity contribution in [2.45, 2.75) is 46.1 Å². The first kappa shape index (κ1) is 17.0. The van der Waals surface area contributed by atoms with Gasteiger partial charge in [-0.25, -0.2) is 4.79 Å². The summed E-state index contributed by atoms with van der Waals surface area (Å²) in [5.74, 6) is -0.920. The second kappa shape index (κ2) is 7.11. The maximum absolute atomic E-state index is 12.5. The van der Waals surface area contributed by atoms with Crippen LogP contribution in [0.15, 0.2) is 24.3 Å². The highest BCUT2D eigenvalue weighted by Crippen LogP contribution is 2.21. The van der Waals surface area contributed by atoms with Crippen LogP contribution in [0.2, 0.25) is 0 Å². The highest BCUT2D eigenvalue weighted by Gasteiger charge is 2.24. The zero-order valence-corrected chi connectivity index (χ0v) is 13.1. The van der Waals surface area contributed by atoms with Gasteiger partial charge in [0.2, 0.25) is 0 Å². The van der Waals surface area contributed by atoms with E-state index in [4.69, 9.17) is 5.11 Å². The van der Waals surface area contributed by atoms with Gasteiger partial charge in [-0.2, -0.15) is 0 Å². The molecule has 0 radical (unpaired) electrons. The van der Waals surface area contributed by atoms with E-state index in [0.717, 1.165) is 17.7 Å². The SMILES string of the molecule is CCC(C)(C)NC(=O)N(CCC(=O)O)c1ccccc1C. The van der Waals surface area contributed by atoms with Gasteiger partial charge in [-0.3, -0.25) is 9.69 Å². The largest absolute Gasteiger partial charge is 0.481 e. The molecule has 5 nitrogen and oxygen atoms in total. The fourth-order valence-corrected chi connectivity index (χ4v) is 1.85. The van der Waals surface area contributed by atoms with E-state index in [1.54, 1.807) is 0 Å². The molecular formula is C16H24N2O3. The van der Waals surface area contributed by atoms with Crippen molar-refractivity contribution in [3.8, 4) is 0 Å². The Labute approximate surface area is 126 Å². The maximum Gasteiger partial charge on any atom is 0.322 e. The number of aryl methyl sites for hydroxylation is 1. The van der Waals surface area contributed by atoms with Crippen molar-refractivity contribution in [2.75, 3.05) is 11.4 Å². The molecule has 0 heterocycles. The fourth-order valence-electron chi connectivity index (χ4n) is 1.85. The van der Waals surface area contributed by atoms with E-state index in [1.165, 1.54) is 4.90 Å². The molecule has 0 aromatic heterocycles. The summed E-state index contributed by atoms with van der Waals surface area (Å²) in [6, 6.07) is 7.20. The molecule has 0 saturated heterocycles. The van der Waals surface area contributed by atoms with Crippen molar-refractivity contribution in [2.24, 2.45) is 0 Å². The summed E-state index contributed by atoms with van der Waals surface area (Å²) in [6.07, 6.45) is 0.702. The molecule has 0 spiro atoms. The van der Waals surface area contributed by atoms with E-state index >= 15 is 0 Å². The lowest BCUT2D eigenvalue weighted by Gasteiger charge is -2.30. The first-order valence-electron chi connectivity index (χ1n) is 7.14. The molecule has 1 aromatic rings. The van der Waals surface area contributed by atoms with Crippen molar-refractivity contribution in [3.63, 3.8) is 0 Å². The zero-order chi connectivity index (χ0) is 16.0. The number of amides is 2. The Balaban J connectivity index is 3.00. The predicted molar refractivity (Wildman–Crippen MR) is 83.7 cm³/mol. The lowest BCUT2D eigenvalue weighted by atomic mass is 10.0. The number of aliphatic carboxylic acids is 1. The molecule has 0 aliphatic heterocycles. The summed E-state index contributed by atoms with van der Waals surface area (Å²) in [5.41, 5.74) is 1.34. The number of nitrogens with one attached hydrogen (secondary N) is 1. The third kappa shape index (κ3) is 5.10. The molecular weight excluding hydrogens is 268 g/mol. The van der Waals surface area contributed by atoms with Crippen LogP contribution >= 0.6 is 0 Å². The Morgan fingerprint density at radius 2 is 1.90 bits per heavy atom. The molecule has 5 heteroatoms. The van der Waals surface area contributed by atoms with Crippen LogP contribution in [0, 0.1) is 6.92 Å². The summed E-state index contributed by atoms with van der Waals surface area (Å²) in [5, 5.41) is 11.8. The highest BCUT2D eigenvalue weighted by atomic mass is 16.4. The van der Waals surface area contributed by atoms with Crippen LogP contribution < -0.4 is 10.2 Å². The van der Waals surface area contributed by atoms with Crippen LogP contribution in [-0.2, 0) is 4.79 Å². The molecule has 0 saturated carbocycles. The first-order chi connectivity index (χ1) is 9.76. The zero-order valence-electron chi connectivity index (χ0n) is 13.1. The number of carboxylic acid groups (broad SMARTS) is 1. The monoisotopic (exact) mass is 292 g/mol. The number of carbonyl (C=O) groups is 2. The van der Waals surface area contributed by atoms with E-state index in [9.17, 15) is 9.59 Å². The third-order valence-electron chi connectivity index (χ3n) is 3.53. The van der Waals surface area contributed by atoms with E-state index in [1.807, 2.05) is 52.0 Å². The average Bonchev–Trinajstić information content (AvgIpc) is 2.40. The van der Waals surface area contributed by atoms with Gasteiger partial charge in [0.25, 0.3) is 0 Å². The molecule has 0 aliphatic rings. The number of carbonyl (C=O) groups excluding carboxylic acids is 1. The highest BCUT2D eigenvalue weighted by molar-refractivity contribution is 5.93. The Hall–Kier alpha value is -2.04. The molecule has 116 valence electrons. The van der Waals surface area contributed by atoms with Crippen LogP contribution in [0.5, 0.6) is 0 Å². The Kier molecular flexibility index (Phi) is 5.76. The Morgan fingerprint density at radius 1 is 1.29 bits per heavy atom. The van der Waals surface area contributed by atoms with Gasteiger partial charge in [0.1, 0.15) is 0 Å². The molecule has 0 fully saturated rings. The molecule has 1 rings (SSSR count). The molecule has 1 aromatic carbocycles. The van der Waals surface area contributed by atoms with Crippen LogP contribution in [-0.4, -0.2) is 29.2 Å². The summed E-state index contributed by atoms with van der Waals surface area (Å²) in [7, 11) is 0. The lowest BCUT2D eigenvalue weighted by Crippen LogP contribution is -2.50. The third-order valence-corrected chi connectivity index (χ3v) is 3.53. The summed E-state index contributed by atoms with van der Waals surface area (Å²) >= 11 is 0.